The summed E-state index contributed by atoms with van der Waals surface area (Å²) in [7, 11) is -3.56. The minimum Gasteiger partial charge on any atom is -0.387 e. The Morgan fingerprint density at radius 2 is 2.00 bits per heavy atom. The number of carbonyl (C=O) groups is 1. The van der Waals surface area contributed by atoms with Gasteiger partial charge in [-0.2, -0.15) is 4.98 Å². The van der Waals surface area contributed by atoms with Crippen molar-refractivity contribution in [3.05, 3.63) is 17.5 Å². The molecule has 0 spiro atoms. The number of anilines is 1. The molecule has 1 aliphatic carbocycles. The van der Waals surface area contributed by atoms with Crippen LogP contribution in [-0.4, -0.2) is 83.8 Å². The molecule has 200 valence electrons. The Hall–Kier alpha value is -1.83. The molecule has 0 bridgehead atoms. The van der Waals surface area contributed by atoms with E-state index < -0.39 is 56.4 Å². The number of hydrogen-bond donors (Lipinski definition) is 6. The van der Waals surface area contributed by atoms with Gasteiger partial charge in [0.25, 0.3) is 0 Å². The van der Waals surface area contributed by atoms with Gasteiger partial charge < -0.3 is 44.7 Å². The lowest BCUT2D eigenvalue weighted by atomic mass is 10.1. The third-order valence-corrected chi connectivity index (χ3v) is 8.48. The van der Waals surface area contributed by atoms with E-state index in [0.29, 0.717) is 16.9 Å². The molecule has 13 nitrogen and oxygen atoms in total. The second-order valence-corrected chi connectivity index (χ2v) is 11.7. The standard InChI is InChI=1S/C21H31ClN5O8P/c1-21(36(31,32)33,9-14(28)23-2)34-10-13-15(29)16(30)19(35-13)27-8-7-12-17(24-11-5-3-4-6-11)25-20(22)26-18(12)27/h7-8,11,13,15-16,19,29-30H,3-6,9-10H2,1-2H3,(H,23,28)(H,24,25,26)(H2,31,32,33)/t13-,15-,16-,19-,21?/m1/s1. The van der Waals surface area contributed by atoms with Crippen molar-refractivity contribution in [1.82, 2.24) is 19.9 Å². The highest BCUT2D eigenvalue weighted by Gasteiger charge is 2.49. The van der Waals surface area contributed by atoms with Gasteiger partial charge in [-0.3, -0.25) is 9.36 Å². The number of nitrogens with one attached hydrogen (secondary N) is 2. The van der Waals surface area contributed by atoms with E-state index in [1.165, 1.54) is 11.6 Å². The smallest absolute Gasteiger partial charge is 0.357 e. The molecule has 6 N–H and O–H groups in total. The second-order valence-electron chi connectivity index (χ2n) is 9.35. The molecule has 0 aromatic carbocycles. The van der Waals surface area contributed by atoms with Crippen LogP contribution in [0.3, 0.4) is 0 Å². The summed E-state index contributed by atoms with van der Waals surface area (Å²) >= 11 is 6.18. The second kappa shape index (κ2) is 10.5. The zero-order valence-electron chi connectivity index (χ0n) is 19.9. The Morgan fingerprint density at radius 3 is 2.64 bits per heavy atom. The summed E-state index contributed by atoms with van der Waals surface area (Å²) in [5.74, 6) is -0.0702. The highest BCUT2D eigenvalue weighted by atomic mass is 35.5. The van der Waals surface area contributed by atoms with E-state index in [1.807, 2.05) is 0 Å². The largest absolute Gasteiger partial charge is 0.387 e. The molecule has 2 aromatic heterocycles. The van der Waals surface area contributed by atoms with E-state index in [4.69, 9.17) is 21.1 Å². The van der Waals surface area contributed by atoms with E-state index in [2.05, 4.69) is 20.6 Å². The van der Waals surface area contributed by atoms with Gasteiger partial charge in [0.05, 0.1) is 18.4 Å². The maximum atomic E-state index is 12.0. The van der Waals surface area contributed by atoms with Gasteiger partial charge in [-0.25, -0.2) is 4.98 Å². The number of halogens is 1. The quantitative estimate of drug-likeness (QED) is 0.195. The molecule has 2 aliphatic rings. The number of hydrogen-bond acceptors (Lipinski definition) is 9. The number of ether oxygens (including phenoxy) is 2. The van der Waals surface area contributed by atoms with Crippen molar-refractivity contribution in [2.24, 2.45) is 0 Å². The molecule has 2 fully saturated rings. The molecule has 1 saturated heterocycles. The first-order valence-electron chi connectivity index (χ1n) is 11.7. The van der Waals surface area contributed by atoms with Crippen LogP contribution >= 0.6 is 19.2 Å². The van der Waals surface area contributed by atoms with Crippen LogP contribution in [0.25, 0.3) is 11.0 Å². The number of aliphatic hydroxyl groups is 2. The number of aliphatic hydroxyl groups excluding tert-OH is 2. The van der Waals surface area contributed by atoms with Crippen LogP contribution in [0.5, 0.6) is 0 Å². The Labute approximate surface area is 212 Å². The number of carbonyl (C=O) groups excluding carboxylic acids is 1. The van der Waals surface area contributed by atoms with E-state index in [1.54, 1.807) is 12.3 Å². The molecule has 3 heterocycles. The van der Waals surface area contributed by atoms with Gasteiger partial charge in [-0.05, 0) is 37.4 Å². The lowest BCUT2D eigenvalue weighted by molar-refractivity contribution is -0.128. The molecule has 4 rings (SSSR count). The fraction of sp³-hybridized carbons (Fsp3) is 0.667. The molecule has 36 heavy (non-hydrogen) atoms. The normalized spacial score (nSPS) is 26.9. The highest BCUT2D eigenvalue weighted by molar-refractivity contribution is 7.53. The van der Waals surface area contributed by atoms with E-state index >= 15 is 0 Å². The van der Waals surface area contributed by atoms with Crippen LogP contribution in [0.15, 0.2) is 12.3 Å². The summed E-state index contributed by atoms with van der Waals surface area (Å²) in [6, 6.07) is 2.03. The lowest BCUT2D eigenvalue weighted by Gasteiger charge is -2.31. The monoisotopic (exact) mass is 547 g/mol. The maximum absolute atomic E-state index is 12.0. The molecule has 1 saturated carbocycles. The summed E-state index contributed by atoms with van der Waals surface area (Å²) in [6.45, 7) is 0.617. The summed E-state index contributed by atoms with van der Waals surface area (Å²) in [5, 5.41) is 25.6. The number of fused-ring (bicyclic) bond motifs is 1. The van der Waals surface area contributed by atoms with Crippen LogP contribution in [0, 0.1) is 0 Å². The molecule has 1 aliphatic heterocycles. The lowest BCUT2D eigenvalue weighted by Crippen LogP contribution is -2.40. The highest BCUT2D eigenvalue weighted by Crippen LogP contribution is 2.53. The van der Waals surface area contributed by atoms with Crippen molar-refractivity contribution >= 4 is 42.0 Å². The third-order valence-electron chi connectivity index (χ3n) is 6.79. The molecule has 5 atom stereocenters. The van der Waals surface area contributed by atoms with Crippen LogP contribution in [0.2, 0.25) is 5.28 Å². The number of nitrogens with zero attached hydrogens (tertiary/aromatic N) is 3. The van der Waals surface area contributed by atoms with Crippen molar-refractivity contribution in [2.75, 3.05) is 19.0 Å². The first-order chi connectivity index (χ1) is 16.9. The molecular formula is C21H31ClN5O8P. The Kier molecular flexibility index (Phi) is 7.94. The van der Waals surface area contributed by atoms with Crippen molar-refractivity contribution < 1.29 is 38.8 Å². The van der Waals surface area contributed by atoms with E-state index in [0.717, 1.165) is 32.6 Å². The van der Waals surface area contributed by atoms with Gasteiger partial charge in [0.15, 0.2) is 11.6 Å². The predicted octanol–water partition coefficient (Wildman–Crippen LogP) is 1.10. The Balaban J connectivity index is 1.54. The van der Waals surface area contributed by atoms with Crippen LogP contribution < -0.4 is 10.6 Å². The SMILES string of the molecule is CNC(=O)CC(C)(OC[C@H]1O[C@@H](n2ccc3c(NC4CCCC4)nc(Cl)nc32)[C@H](O)[C@@H]1O)P(=O)(O)O. The average molecular weight is 548 g/mol. The van der Waals surface area contributed by atoms with Crippen molar-refractivity contribution in [1.29, 1.82) is 0 Å². The fourth-order valence-corrected chi connectivity index (χ4v) is 5.33. The summed E-state index contributed by atoms with van der Waals surface area (Å²) < 4.78 is 24.9. The first-order valence-corrected chi connectivity index (χ1v) is 13.6. The van der Waals surface area contributed by atoms with Gasteiger partial charge in [0, 0.05) is 19.3 Å². The topological polar surface area (TPSA) is 188 Å². The number of amides is 1. The first kappa shape index (κ1) is 27.2. The van der Waals surface area contributed by atoms with E-state index in [9.17, 15) is 29.4 Å². The fourth-order valence-electron chi connectivity index (χ4n) is 4.57. The molecule has 1 unspecified atom stereocenters. The maximum Gasteiger partial charge on any atom is 0.357 e. The zero-order chi connectivity index (χ0) is 26.3. The van der Waals surface area contributed by atoms with Crippen molar-refractivity contribution in [3.63, 3.8) is 0 Å². The third kappa shape index (κ3) is 5.39. The Morgan fingerprint density at radius 1 is 1.31 bits per heavy atom. The summed E-state index contributed by atoms with van der Waals surface area (Å²) in [4.78, 5) is 39.9. The van der Waals surface area contributed by atoms with Gasteiger partial charge in [-0.1, -0.05) is 12.8 Å². The molecular weight excluding hydrogens is 517 g/mol. The minimum atomic E-state index is -4.89. The number of aromatic nitrogens is 3. The molecule has 0 radical (unpaired) electrons. The molecule has 1 amide bonds. The van der Waals surface area contributed by atoms with Crippen LogP contribution in [0.1, 0.15) is 45.3 Å². The van der Waals surface area contributed by atoms with Crippen molar-refractivity contribution in [3.8, 4) is 0 Å². The van der Waals surface area contributed by atoms with Gasteiger partial charge in [-0.15, -0.1) is 0 Å². The summed E-state index contributed by atoms with van der Waals surface area (Å²) in [5.41, 5.74) is 0.382. The predicted molar refractivity (Wildman–Crippen MR) is 129 cm³/mol. The minimum absolute atomic E-state index is 0.00229. The molecule has 15 heteroatoms. The van der Waals surface area contributed by atoms with Gasteiger partial charge in [0.1, 0.15) is 29.8 Å². The molecule has 2 aromatic rings. The van der Waals surface area contributed by atoms with Crippen molar-refractivity contribution in [2.45, 2.75) is 75.0 Å². The Bertz CT molecular complexity index is 1150. The number of rotatable bonds is 9. The van der Waals surface area contributed by atoms with E-state index in [-0.39, 0.29) is 11.3 Å². The van der Waals surface area contributed by atoms with Crippen LogP contribution in [0.4, 0.5) is 5.82 Å². The van der Waals surface area contributed by atoms with Crippen LogP contribution in [-0.2, 0) is 18.8 Å². The van der Waals surface area contributed by atoms with Gasteiger partial charge in [0.2, 0.25) is 11.2 Å². The average Bonchev–Trinajstić information content (AvgIpc) is 3.53. The zero-order valence-corrected chi connectivity index (χ0v) is 21.5. The van der Waals surface area contributed by atoms with Gasteiger partial charge >= 0.3 is 7.60 Å². The summed E-state index contributed by atoms with van der Waals surface area (Å²) in [6.07, 6.45) is 0.245.